The molecule has 1 aliphatic carbocycles. The minimum atomic E-state index is 0.432. The molecule has 2 aliphatic rings. The average Bonchev–Trinajstić information content (AvgIpc) is 3.04. The monoisotopic (exact) mass is 330 g/mol. The Morgan fingerprint density at radius 2 is 1.71 bits per heavy atom. The maximum atomic E-state index is 11.4. The van der Waals surface area contributed by atoms with Gasteiger partial charge in [-0.05, 0) is 50.7 Å². The summed E-state index contributed by atoms with van der Waals surface area (Å²) in [6, 6.07) is 9.47. The lowest BCUT2D eigenvalue weighted by Gasteiger charge is -2.36. The Kier molecular flexibility index (Phi) is 7.29. The lowest BCUT2D eigenvalue weighted by atomic mass is 9.85. The molecule has 0 atom stereocenters. The number of Topliss-reactive ketones (excluding diaryl/α,β-unsaturated/α-hetero) is 1. The quantitative estimate of drug-likeness (QED) is 0.823. The normalized spacial score (nSPS) is 24.4. The second-order valence-corrected chi connectivity index (χ2v) is 7.15. The van der Waals surface area contributed by atoms with Crippen molar-refractivity contribution in [2.24, 2.45) is 5.92 Å². The Bertz CT molecular complexity index is 503. The first-order valence-corrected chi connectivity index (χ1v) is 9.65. The maximum Gasteiger partial charge on any atom is 0.148 e. The Labute approximate surface area is 148 Å². The summed E-state index contributed by atoms with van der Waals surface area (Å²) in [6.45, 7) is 8.99. The van der Waals surface area contributed by atoms with Crippen LogP contribution in [0.2, 0.25) is 0 Å². The van der Waals surface area contributed by atoms with Crippen LogP contribution < -0.4 is 4.90 Å². The van der Waals surface area contributed by atoms with E-state index in [2.05, 4.69) is 48.0 Å². The van der Waals surface area contributed by atoms with Crippen molar-refractivity contribution in [3.05, 3.63) is 29.8 Å². The van der Waals surface area contributed by atoms with E-state index in [0.29, 0.717) is 18.4 Å². The van der Waals surface area contributed by atoms with Gasteiger partial charge in [0, 0.05) is 38.3 Å². The van der Waals surface area contributed by atoms with Gasteiger partial charge in [0.15, 0.2) is 0 Å². The van der Waals surface area contributed by atoms with Gasteiger partial charge in [-0.25, -0.2) is 0 Å². The van der Waals surface area contributed by atoms with Crippen molar-refractivity contribution in [3.8, 4) is 0 Å². The van der Waals surface area contributed by atoms with Crippen LogP contribution in [-0.4, -0.2) is 43.4 Å². The van der Waals surface area contributed by atoms with Crippen LogP contribution in [0.3, 0.4) is 0 Å². The van der Waals surface area contributed by atoms with Gasteiger partial charge in [0.25, 0.3) is 0 Å². The van der Waals surface area contributed by atoms with E-state index in [1.807, 2.05) is 13.8 Å². The average molecular weight is 331 g/mol. The number of hydrogen-bond acceptors (Lipinski definition) is 3. The molecule has 1 saturated heterocycles. The molecule has 3 rings (SSSR count). The summed E-state index contributed by atoms with van der Waals surface area (Å²) < 4.78 is 0. The highest BCUT2D eigenvalue weighted by Crippen LogP contribution is 2.30. The zero-order valence-corrected chi connectivity index (χ0v) is 15.9. The van der Waals surface area contributed by atoms with E-state index in [1.54, 1.807) is 0 Å². The molecule has 1 heterocycles. The molecule has 1 aliphatic heterocycles. The Hall–Kier alpha value is -1.35. The van der Waals surface area contributed by atoms with Crippen LogP contribution in [0.4, 0.5) is 5.69 Å². The summed E-state index contributed by atoms with van der Waals surface area (Å²) >= 11 is 0. The third-order valence-corrected chi connectivity index (χ3v) is 5.40. The van der Waals surface area contributed by atoms with Gasteiger partial charge in [0.1, 0.15) is 5.78 Å². The van der Waals surface area contributed by atoms with Crippen molar-refractivity contribution in [1.82, 2.24) is 4.90 Å². The number of carbonyl (C=O) groups is 1. The van der Waals surface area contributed by atoms with E-state index >= 15 is 0 Å². The fourth-order valence-electron chi connectivity index (χ4n) is 3.95. The van der Waals surface area contributed by atoms with Gasteiger partial charge < -0.3 is 4.90 Å². The maximum absolute atomic E-state index is 11.4. The van der Waals surface area contributed by atoms with Crippen molar-refractivity contribution in [1.29, 1.82) is 0 Å². The summed E-state index contributed by atoms with van der Waals surface area (Å²) in [5.74, 6) is 1.22. The molecule has 3 heteroatoms. The topological polar surface area (TPSA) is 23.6 Å². The molecule has 1 aromatic carbocycles. The SMILES string of the molecule is CC.Cc1ccc(N(C)CC2CCC(N3CCC(=O)C3)CC2)cc1. The van der Waals surface area contributed by atoms with Gasteiger partial charge in [-0.3, -0.25) is 9.69 Å². The summed E-state index contributed by atoms with van der Waals surface area (Å²) in [5.41, 5.74) is 2.63. The second kappa shape index (κ2) is 9.22. The van der Waals surface area contributed by atoms with E-state index in [1.165, 1.54) is 36.9 Å². The molecule has 0 radical (unpaired) electrons. The highest BCUT2D eigenvalue weighted by atomic mass is 16.1. The number of nitrogens with zero attached hydrogens (tertiary/aromatic N) is 2. The second-order valence-electron chi connectivity index (χ2n) is 7.15. The van der Waals surface area contributed by atoms with Crippen LogP contribution in [0.15, 0.2) is 24.3 Å². The van der Waals surface area contributed by atoms with Crippen LogP contribution in [0.25, 0.3) is 0 Å². The molecule has 1 aromatic rings. The summed E-state index contributed by atoms with van der Waals surface area (Å²) in [4.78, 5) is 16.2. The Morgan fingerprint density at radius 1 is 1.08 bits per heavy atom. The number of rotatable bonds is 4. The van der Waals surface area contributed by atoms with E-state index < -0.39 is 0 Å². The molecule has 1 saturated carbocycles. The first-order valence-electron chi connectivity index (χ1n) is 9.65. The van der Waals surface area contributed by atoms with E-state index in [0.717, 1.165) is 25.4 Å². The van der Waals surface area contributed by atoms with Gasteiger partial charge in [-0.1, -0.05) is 31.5 Å². The number of carbonyl (C=O) groups excluding carboxylic acids is 1. The van der Waals surface area contributed by atoms with Crippen LogP contribution in [0, 0.1) is 12.8 Å². The number of likely N-dealkylation sites (tertiary alicyclic amines) is 1. The van der Waals surface area contributed by atoms with E-state index in [4.69, 9.17) is 0 Å². The van der Waals surface area contributed by atoms with Crippen molar-refractivity contribution < 1.29 is 4.79 Å². The molecule has 134 valence electrons. The number of aryl methyl sites for hydroxylation is 1. The minimum Gasteiger partial charge on any atom is -0.374 e. The zero-order valence-electron chi connectivity index (χ0n) is 15.9. The lowest BCUT2D eigenvalue weighted by Crippen LogP contribution is -2.38. The summed E-state index contributed by atoms with van der Waals surface area (Å²) in [5, 5.41) is 0. The highest BCUT2D eigenvalue weighted by Gasteiger charge is 2.30. The fraction of sp³-hybridized carbons (Fsp3) is 0.667. The lowest BCUT2D eigenvalue weighted by molar-refractivity contribution is -0.117. The smallest absolute Gasteiger partial charge is 0.148 e. The van der Waals surface area contributed by atoms with Crippen LogP contribution in [-0.2, 0) is 4.79 Å². The fourth-order valence-corrected chi connectivity index (χ4v) is 3.95. The predicted molar refractivity (Wildman–Crippen MR) is 103 cm³/mol. The van der Waals surface area contributed by atoms with Gasteiger partial charge in [-0.15, -0.1) is 0 Å². The molecule has 0 amide bonds. The van der Waals surface area contributed by atoms with Crippen molar-refractivity contribution >= 4 is 11.5 Å². The zero-order chi connectivity index (χ0) is 17.5. The predicted octanol–water partition coefficient (Wildman–Crippen LogP) is 4.29. The van der Waals surface area contributed by atoms with E-state index in [9.17, 15) is 4.79 Å². The van der Waals surface area contributed by atoms with Gasteiger partial charge >= 0.3 is 0 Å². The van der Waals surface area contributed by atoms with Crippen molar-refractivity contribution in [2.45, 2.75) is 58.9 Å². The summed E-state index contributed by atoms with van der Waals surface area (Å²) in [7, 11) is 2.20. The van der Waals surface area contributed by atoms with Crippen LogP contribution >= 0.6 is 0 Å². The van der Waals surface area contributed by atoms with Crippen molar-refractivity contribution in [3.63, 3.8) is 0 Å². The molecule has 0 unspecified atom stereocenters. The third-order valence-electron chi connectivity index (χ3n) is 5.40. The number of anilines is 1. The molecule has 0 spiro atoms. The molecular formula is C21H34N2O. The molecule has 0 bridgehead atoms. The van der Waals surface area contributed by atoms with Gasteiger partial charge in [0.05, 0.1) is 6.54 Å². The van der Waals surface area contributed by atoms with Gasteiger partial charge in [-0.2, -0.15) is 0 Å². The third kappa shape index (κ3) is 5.07. The molecular weight excluding hydrogens is 296 g/mol. The largest absolute Gasteiger partial charge is 0.374 e. The molecule has 0 aromatic heterocycles. The molecule has 0 N–H and O–H groups in total. The minimum absolute atomic E-state index is 0.432. The Morgan fingerprint density at radius 3 is 2.25 bits per heavy atom. The van der Waals surface area contributed by atoms with E-state index in [-0.39, 0.29) is 0 Å². The molecule has 24 heavy (non-hydrogen) atoms. The highest BCUT2D eigenvalue weighted by molar-refractivity contribution is 5.82. The molecule has 2 fully saturated rings. The Balaban J connectivity index is 0.00000100. The summed E-state index contributed by atoms with van der Waals surface area (Å²) in [6.07, 6.45) is 5.90. The van der Waals surface area contributed by atoms with Crippen LogP contribution in [0.1, 0.15) is 51.5 Å². The molecule has 3 nitrogen and oxygen atoms in total. The number of ketones is 1. The first-order chi connectivity index (χ1) is 11.6. The first kappa shape index (κ1) is 19.0. The van der Waals surface area contributed by atoms with Crippen LogP contribution in [0.5, 0.6) is 0 Å². The number of benzene rings is 1. The van der Waals surface area contributed by atoms with Crippen molar-refractivity contribution in [2.75, 3.05) is 31.6 Å². The number of hydrogen-bond donors (Lipinski definition) is 0. The van der Waals surface area contributed by atoms with Gasteiger partial charge in [0.2, 0.25) is 0 Å². The standard InChI is InChI=1S/C19H28N2O.C2H6/c1-15-3-7-17(8-4-15)20(2)13-16-5-9-18(10-6-16)21-12-11-19(22)14-21;1-2/h3-4,7-8,16,18H,5-6,9-14H2,1-2H3;1-2H3.